The van der Waals surface area contributed by atoms with Crippen LogP contribution in [0.2, 0.25) is 0 Å². The van der Waals surface area contributed by atoms with E-state index in [2.05, 4.69) is 17.6 Å². The second-order valence-corrected chi connectivity index (χ2v) is 6.77. The third-order valence-corrected chi connectivity index (χ3v) is 4.91. The Labute approximate surface area is 133 Å². The van der Waals surface area contributed by atoms with Crippen LogP contribution in [-0.4, -0.2) is 48.6 Å². The molecule has 0 aromatic rings. The number of piperidine rings is 1. The standard InChI is InChI=1S/C16H30N4O2/c1-12-7-8-20(14(9-12)10-17)15(21)11-18-16(22)19-13-5-3-2-4-6-13/h12-14H,2-11,17H2,1H3,(H2,18,19,22). The number of nitrogens with zero attached hydrogens (tertiary/aromatic N) is 1. The molecule has 1 saturated carbocycles. The summed E-state index contributed by atoms with van der Waals surface area (Å²) in [7, 11) is 0. The summed E-state index contributed by atoms with van der Waals surface area (Å²) < 4.78 is 0. The number of carbonyl (C=O) groups is 2. The molecule has 0 aromatic carbocycles. The van der Waals surface area contributed by atoms with Crippen LogP contribution in [-0.2, 0) is 4.79 Å². The van der Waals surface area contributed by atoms with Gasteiger partial charge in [0.1, 0.15) is 0 Å². The summed E-state index contributed by atoms with van der Waals surface area (Å²) in [4.78, 5) is 26.0. The number of carbonyl (C=O) groups excluding carboxylic acids is 2. The van der Waals surface area contributed by atoms with Crippen molar-refractivity contribution in [2.24, 2.45) is 11.7 Å². The fraction of sp³-hybridized carbons (Fsp3) is 0.875. The van der Waals surface area contributed by atoms with Crippen molar-refractivity contribution in [2.75, 3.05) is 19.6 Å². The summed E-state index contributed by atoms with van der Waals surface area (Å²) in [6, 6.07) is 0.144. The molecule has 3 amide bonds. The third-order valence-electron chi connectivity index (χ3n) is 4.91. The highest BCUT2D eigenvalue weighted by Gasteiger charge is 2.28. The second kappa shape index (κ2) is 8.36. The van der Waals surface area contributed by atoms with Crippen molar-refractivity contribution >= 4 is 11.9 Å². The van der Waals surface area contributed by atoms with Gasteiger partial charge in [0.15, 0.2) is 0 Å². The van der Waals surface area contributed by atoms with Gasteiger partial charge in [-0.3, -0.25) is 4.79 Å². The summed E-state index contributed by atoms with van der Waals surface area (Å²) >= 11 is 0. The molecule has 0 aromatic heterocycles. The molecule has 0 spiro atoms. The van der Waals surface area contributed by atoms with Crippen molar-refractivity contribution in [3.63, 3.8) is 0 Å². The Morgan fingerprint density at radius 1 is 1.18 bits per heavy atom. The minimum atomic E-state index is -0.227. The van der Waals surface area contributed by atoms with Gasteiger partial charge in [-0.05, 0) is 31.6 Å². The van der Waals surface area contributed by atoms with Crippen LogP contribution in [0.1, 0.15) is 51.9 Å². The van der Waals surface area contributed by atoms with E-state index >= 15 is 0 Å². The van der Waals surface area contributed by atoms with Crippen molar-refractivity contribution in [1.82, 2.24) is 15.5 Å². The number of nitrogens with two attached hydrogens (primary N) is 1. The van der Waals surface area contributed by atoms with Gasteiger partial charge < -0.3 is 21.3 Å². The van der Waals surface area contributed by atoms with E-state index in [4.69, 9.17) is 5.73 Å². The molecule has 0 bridgehead atoms. The molecule has 2 fully saturated rings. The average molecular weight is 310 g/mol. The first-order valence-corrected chi connectivity index (χ1v) is 8.64. The van der Waals surface area contributed by atoms with Crippen molar-refractivity contribution in [3.8, 4) is 0 Å². The van der Waals surface area contributed by atoms with Gasteiger partial charge in [0.05, 0.1) is 6.54 Å². The minimum absolute atomic E-state index is 0.0267. The first-order valence-electron chi connectivity index (χ1n) is 8.64. The van der Waals surface area contributed by atoms with Gasteiger partial charge in [0, 0.05) is 25.2 Å². The molecule has 2 aliphatic rings. The average Bonchev–Trinajstić information content (AvgIpc) is 2.53. The maximum absolute atomic E-state index is 12.3. The Bertz CT molecular complexity index is 382. The lowest BCUT2D eigenvalue weighted by atomic mass is 9.92. The van der Waals surface area contributed by atoms with Crippen molar-refractivity contribution < 1.29 is 9.59 Å². The molecule has 2 atom stereocenters. The van der Waals surface area contributed by atoms with E-state index in [1.54, 1.807) is 0 Å². The van der Waals surface area contributed by atoms with E-state index in [0.29, 0.717) is 12.5 Å². The summed E-state index contributed by atoms with van der Waals surface area (Å²) in [6.07, 6.45) is 7.66. The predicted octanol–water partition coefficient (Wildman–Crippen LogP) is 1.20. The zero-order chi connectivity index (χ0) is 15.9. The van der Waals surface area contributed by atoms with Crippen molar-refractivity contribution in [3.05, 3.63) is 0 Å². The van der Waals surface area contributed by atoms with Gasteiger partial charge in [-0.15, -0.1) is 0 Å². The van der Waals surface area contributed by atoms with Gasteiger partial charge in [-0.2, -0.15) is 0 Å². The smallest absolute Gasteiger partial charge is 0.315 e. The van der Waals surface area contributed by atoms with Crippen LogP contribution in [0.15, 0.2) is 0 Å². The van der Waals surface area contributed by atoms with Gasteiger partial charge in [0.25, 0.3) is 0 Å². The Morgan fingerprint density at radius 3 is 2.59 bits per heavy atom. The normalized spacial score (nSPS) is 26.5. The van der Waals surface area contributed by atoms with Crippen LogP contribution >= 0.6 is 0 Å². The van der Waals surface area contributed by atoms with E-state index in [1.807, 2.05) is 4.90 Å². The third kappa shape index (κ3) is 4.87. The Balaban J connectivity index is 1.73. The van der Waals surface area contributed by atoms with Crippen LogP contribution in [0.25, 0.3) is 0 Å². The topological polar surface area (TPSA) is 87.5 Å². The number of nitrogens with one attached hydrogen (secondary N) is 2. The molecule has 1 saturated heterocycles. The van der Waals surface area contributed by atoms with E-state index in [1.165, 1.54) is 19.3 Å². The first-order chi connectivity index (χ1) is 10.6. The highest BCUT2D eigenvalue weighted by Crippen LogP contribution is 2.21. The van der Waals surface area contributed by atoms with Crippen molar-refractivity contribution in [2.45, 2.75) is 64.0 Å². The molecule has 4 N–H and O–H groups in total. The van der Waals surface area contributed by atoms with Crippen LogP contribution in [0.4, 0.5) is 4.79 Å². The minimum Gasteiger partial charge on any atom is -0.337 e. The monoisotopic (exact) mass is 310 g/mol. The zero-order valence-corrected chi connectivity index (χ0v) is 13.6. The van der Waals surface area contributed by atoms with Gasteiger partial charge >= 0.3 is 6.03 Å². The highest BCUT2D eigenvalue weighted by atomic mass is 16.2. The Hall–Kier alpha value is -1.30. The Morgan fingerprint density at radius 2 is 1.91 bits per heavy atom. The SMILES string of the molecule is CC1CCN(C(=O)CNC(=O)NC2CCCCC2)C(CN)C1. The lowest BCUT2D eigenvalue weighted by molar-refractivity contribution is -0.134. The van der Waals surface area contributed by atoms with Gasteiger partial charge in [-0.25, -0.2) is 4.79 Å². The molecule has 1 aliphatic carbocycles. The first kappa shape index (κ1) is 17.1. The zero-order valence-electron chi connectivity index (χ0n) is 13.6. The lowest BCUT2D eigenvalue weighted by Crippen LogP contribution is -2.53. The number of rotatable bonds is 4. The fourth-order valence-corrected chi connectivity index (χ4v) is 3.54. The summed E-state index contributed by atoms with van der Waals surface area (Å²) in [5, 5.41) is 5.66. The fourth-order valence-electron chi connectivity index (χ4n) is 3.54. The molecule has 2 rings (SSSR count). The molecular formula is C16H30N4O2. The summed E-state index contributed by atoms with van der Waals surface area (Å²) in [5.74, 6) is 0.585. The molecular weight excluding hydrogens is 280 g/mol. The summed E-state index contributed by atoms with van der Waals surface area (Å²) in [5.41, 5.74) is 5.78. The van der Waals surface area contributed by atoms with E-state index < -0.39 is 0 Å². The molecule has 0 radical (unpaired) electrons. The maximum Gasteiger partial charge on any atom is 0.315 e. The highest BCUT2D eigenvalue weighted by molar-refractivity contribution is 5.84. The largest absolute Gasteiger partial charge is 0.337 e. The molecule has 2 unspecified atom stereocenters. The summed E-state index contributed by atoms with van der Waals surface area (Å²) in [6.45, 7) is 3.49. The van der Waals surface area contributed by atoms with Crippen LogP contribution in [0, 0.1) is 5.92 Å². The molecule has 1 heterocycles. The molecule has 1 aliphatic heterocycles. The quantitative estimate of drug-likeness (QED) is 0.729. The molecule has 126 valence electrons. The van der Waals surface area contributed by atoms with Crippen molar-refractivity contribution in [1.29, 1.82) is 0 Å². The number of hydrogen-bond acceptors (Lipinski definition) is 3. The predicted molar refractivity (Wildman–Crippen MR) is 86.4 cm³/mol. The van der Waals surface area contributed by atoms with Gasteiger partial charge in [-0.1, -0.05) is 26.2 Å². The second-order valence-electron chi connectivity index (χ2n) is 6.77. The maximum atomic E-state index is 12.3. The van der Waals surface area contributed by atoms with Gasteiger partial charge in [0.2, 0.25) is 5.91 Å². The Kier molecular flexibility index (Phi) is 6.49. The number of amides is 3. The van der Waals surface area contributed by atoms with Crippen LogP contribution in [0.5, 0.6) is 0 Å². The number of likely N-dealkylation sites (tertiary alicyclic amines) is 1. The van der Waals surface area contributed by atoms with E-state index in [9.17, 15) is 9.59 Å². The molecule has 6 nitrogen and oxygen atoms in total. The van der Waals surface area contributed by atoms with E-state index in [0.717, 1.165) is 32.2 Å². The molecule has 6 heteroatoms. The van der Waals surface area contributed by atoms with E-state index in [-0.39, 0.29) is 30.6 Å². The van der Waals surface area contributed by atoms with Crippen LogP contribution in [0.3, 0.4) is 0 Å². The molecule has 22 heavy (non-hydrogen) atoms. The lowest BCUT2D eigenvalue weighted by Gasteiger charge is -2.38. The van der Waals surface area contributed by atoms with Crippen LogP contribution < -0.4 is 16.4 Å². The number of urea groups is 1. The number of hydrogen-bond donors (Lipinski definition) is 3.